The second-order valence-electron chi connectivity index (χ2n) is 4.74. The summed E-state index contributed by atoms with van der Waals surface area (Å²) < 4.78 is 42.0. The number of halogens is 3. The van der Waals surface area contributed by atoms with E-state index in [0.29, 0.717) is 18.9 Å². The third-order valence-corrected chi connectivity index (χ3v) is 3.23. The number of carbonyl (C=O) groups is 1. The summed E-state index contributed by atoms with van der Waals surface area (Å²) >= 11 is 0. The Bertz CT molecular complexity index is 449. The van der Waals surface area contributed by atoms with Gasteiger partial charge in [-0.2, -0.15) is 18.3 Å². The van der Waals surface area contributed by atoms with E-state index in [0.717, 1.165) is 4.90 Å². The normalized spacial score (nSPS) is 23.0. The molecule has 1 N–H and O–H groups in total. The van der Waals surface area contributed by atoms with Crippen LogP contribution in [0.3, 0.4) is 0 Å². The molecule has 0 aromatic carbocycles. The van der Waals surface area contributed by atoms with Crippen molar-refractivity contribution in [2.75, 3.05) is 20.2 Å². The number of hydrogen-bond acceptors (Lipinski definition) is 4. The number of nitrogens with zero attached hydrogens (tertiary/aromatic N) is 3. The molecule has 0 radical (unpaired) electrons. The van der Waals surface area contributed by atoms with Gasteiger partial charge in [0.25, 0.3) is 0 Å². The van der Waals surface area contributed by atoms with Crippen LogP contribution in [-0.2, 0) is 9.53 Å². The van der Waals surface area contributed by atoms with Gasteiger partial charge in [0.1, 0.15) is 18.6 Å². The lowest BCUT2D eigenvalue weighted by Gasteiger charge is -2.24. The molecule has 1 aromatic heterocycles. The van der Waals surface area contributed by atoms with Crippen LogP contribution in [0.15, 0.2) is 6.33 Å². The lowest BCUT2D eigenvalue weighted by Crippen LogP contribution is -2.38. The molecule has 0 unspecified atom stereocenters. The van der Waals surface area contributed by atoms with Gasteiger partial charge in [-0.3, -0.25) is 9.89 Å². The van der Waals surface area contributed by atoms with Gasteiger partial charge in [-0.25, -0.2) is 4.98 Å². The van der Waals surface area contributed by atoms with Crippen LogP contribution < -0.4 is 0 Å². The average molecular weight is 292 g/mol. The summed E-state index contributed by atoms with van der Waals surface area (Å²) in [6.45, 7) is 0.581. The lowest BCUT2D eigenvalue weighted by atomic mass is 10.0. The number of rotatable bonds is 4. The molecule has 9 heteroatoms. The smallest absolute Gasteiger partial charge is 0.376 e. The quantitative estimate of drug-likeness (QED) is 0.901. The summed E-state index contributed by atoms with van der Waals surface area (Å²) in [4.78, 5) is 16.5. The lowest BCUT2D eigenvalue weighted by molar-refractivity contribution is -0.161. The molecule has 0 bridgehead atoms. The Hall–Kier alpha value is -1.64. The molecule has 2 atom stereocenters. The van der Waals surface area contributed by atoms with Crippen molar-refractivity contribution < 1.29 is 22.7 Å². The van der Waals surface area contributed by atoms with Crippen molar-refractivity contribution in [3.05, 3.63) is 12.2 Å². The molecule has 1 amide bonds. The first-order chi connectivity index (χ1) is 9.37. The Morgan fingerprint density at radius 1 is 1.60 bits per heavy atom. The second kappa shape index (κ2) is 5.78. The molecule has 0 aliphatic carbocycles. The Balaban J connectivity index is 1.93. The molecular formula is C11H15F3N4O2. The van der Waals surface area contributed by atoms with Crippen molar-refractivity contribution in [2.24, 2.45) is 0 Å². The number of carbonyl (C=O) groups excluding carboxylic acids is 1. The van der Waals surface area contributed by atoms with Crippen LogP contribution >= 0.6 is 0 Å². The zero-order valence-electron chi connectivity index (χ0n) is 10.9. The number of H-pyrrole nitrogens is 1. The molecule has 1 aliphatic heterocycles. The van der Waals surface area contributed by atoms with Crippen molar-refractivity contribution in [1.82, 2.24) is 20.1 Å². The maximum Gasteiger partial charge on any atom is 0.397 e. The van der Waals surface area contributed by atoms with Crippen molar-refractivity contribution in [1.29, 1.82) is 0 Å². The van der Waals surface area contributed by atoms with Gasteiger partial charge in [-0.15, -0.1) is 0 Å². The van der Waals surface area contributed by atoms with Crippen LogP contribution in [0.25, 0.3) is 0 Å². The van der Waals surface area contributed by atoms with E-state index in [4.69, 9.17) is 4.74 Å². The van der Waals surface area contributed by atoms with Crippen LogP contribution in [0.1, 0.15) is 24.6 Å². The van der Waals surface area contributed by atoms with E-state index in [2.05, 4.69) is 15.2 Å². The SMILES string of the molecule is CN(C[C@H]1OCC[C@H]1c1ncn[nH]1)C(=O)CC(F)(F)F. The summed E-state index contributed by atoms with van der Waals surface area (Å²) in [5.74, 6) is -0.424. The van der Waals surface area contributed by atoms with Crippen LogP contribution in [0.2, 0.25) is 0 Å². The van der Waals surface area contributed by atoms with Crippen LogP contribution in [0.4, 0.5) is 13.2 Å². The van der Waals surface area contributed by atoms with E-state index < -0.39 is 18.5 Å². The maximum atomic E-state index is 12.2. The second-order valence-corrected chi connectivity index (χ2v) is 4.74. The number of likely N-dealkylation sites (N-methyl/N-ethyl adjacent to an activating group) is 1. The van der Waals surface area contributed by atoms with Gasteiger partial charge in [-0.1, -0.05) is 0 Å². The van der Waals surface area contributed by atoms with E-state index in [1.165, 1.54) is 13.4 Å². The highest BCUT2D eigenvalue weighted by Gasteiger charge is 2.36. The number of ether oxygens (including phenoxy) is 1. The summed E-state index contributed by atoms with van der Waals surface area (Å²) in [5, 5.41) is 6.47. The van der Waals surface area contributed by atoms with Gasteiger partial charge >= 0.3 is 6.18 Å². The van der Waals surface area contributed by atoms with Gasteiger partial charge in [-0.05, 0) is 6.42 Å². The van der Waals surface area contributed by atoms with E-state index in [1.807, 2.05) is 0 Å². The third-order valence-electron chi connectivity index (χ3n) is 3.23. The molecule has 1 fully saturated rings. The molecule has 6 nitrogen and oxygen atoms in total. The summed E-state index contributed by atoms with van der Waals surface area (Å²) in [6, 6.07) is 0. The topological polar surface area (TPSA) is 71.1 Å². The summed E-state index contributed by atoms with van der Waals surface area (Å²) in [5.41, 5.74) is 0. The highest BCUT2D eigenvalue weighted by Crippen LogP contribution is 2.29. The van der Waals surface area contributed by atoms with Gasteiger partial charge in [0.15, 0.2) is 0 Å². The van der Waals surface area contributed by atoms with Gasteiger partial charge in [0.05, 0.1) is 6.10 Å². The molecule has 1 aliphatic rings. The van der Waals surface area contributed by atoms with Crippen molar-refractivity contribution in [2.45, 2.75) is 31.0 Å². The predicted octanol–water partition coefficient (Wildman–Crippen LogP) is 1.09. The number of alkyl halides is 3. The minimum absolute atomic E-state index is 0.0846. The fourth-order valence-electron chi connectivity index (χ4n) is 2.21. The monoisotopic (exact) mass is 292 g/mol. The number of amides is 1. The molecule has 2 heterocycles. The number of aromatic nitrogens is 3. The van der Waals surface area contributed by atoms with E-state index in [-0.39, 0.29) is 18.6 Å². The standard InChI is InChI=1S/C11H15F3N4O2/c1-18(9(19)4-11(12,13)14)5-8-7(2-3-20-8)10-15-6-16-17-10/h6-8H,2-5H2,1H3,(H,15,16,17)/t7-,8-/m1/s1. The Morgan fingerprint density at radius 2 is 2.35 bits per heavy atom. The van der Waals surface area contributed by atoms with Crippen LogP contribution in [0.5, 0.6) is 0 Å². The van der Waals surface area contributed by atoms with E-state index >= 15 is 0 Å². The van der Waals surface area contributed by atoms with Gasteiger partial charge in [0, 0.05) is 26.1 Å². The Kier molecular flexibility index (Phi) is 4.26. The van der Waals surface area contributed by atoms with Crippen molar-refractivity contribution >= 4 is 5.91 Å². The van der Waals surface area contributed by atoms with Crippen molar-refractivity contribution in [3.63, 3.8) is 0 Å². The number of aromatic amines is 1. The molecule has 0 spiro atoms. The first-order valence-electron chi connectivity index (χ1n) is 6.14. The minimum Gasteiger partial charge on any atom is -0.376 e. The minimum atomic E-state index is -4.49. The molecule has 20 heavy (non-hydrogen) atoms. The zero-order valence-corrected chi connectivity index (χ0v) is 10.9. The van der Waals surface area contributed by atoms with E-state index in [1.54, 1.807) is 0 Å². The number of nitrogens with one attached hydrogen (secondary N) is 1. The molecule has 1 saturated heterocycles. The highest BCUT2D eigenvalue weighted by molar-refractivity contribution is 5.76. The molecule has 2 rings (SSSR count). The Morgan fingerprint density at radius 3 is 2.95 bits per heavy atom. The third kappa shape index (κ3) is 3.69. The van der Waals surface area contributed by atoms with E-state index in [9.17, 15) is 18.0 Å². The van der Waals surface area contributed by atoms with Crippen molar-refractivity contribution in [3.8, 4) is 0 Å². The summed E-state index contributed by atoms with van der Waals surface area (Å²) in [7, 11) is 1.34. The molecule has 0 saturated carbocycles. The first-order valence-corrected chi connectivity index (χ1v) is 6.14. The number of hydrogen-bond donors (Lipinski definition) is 1. The Labute approximate surface area is 113 Å². The fraction of sp³-hybridized carbons (Fsp3) is 0.727. The largest absolute Gasteiger partial charge is 0.397 e. The fourth-order valence-corrected chi connectivity index (χ4v) is 2.21. The van der Waals surface area contributed by atoms with Crippen LogP contribution in [-0.4, -0.2) is 58.5 Å². The average Bonchev–Trinajstić information content (AvgIpc) is 2.95. The molecule has 1 aromatic rings. The molecule has 112 valence electrons. The first kappa shape index (κ1) is 14.8. The molecular weight excluding hydrogens is 277 g/mol. The maximum absolute atomic E-state index is 12.2. The van der Waals surface area contributed by atoms with Crippen LogP contribution in [0, 0.1) is 0 Å². The van der Waals surface area contributed by atoms with Gasteiger partial charge in [0.2, 0.25) is 5.91 Å². The predicted molar refractivity (Wildman–Crippen MR) is 61.8 cm³/mol. The summed E-state index contributed by atoms with van der Waals surface area (Å²) in [6.07, 6.45) is -4.26. The zero-order chi connectivity index (χ0) is 14.8. The van der Waals surface area contributed by atoms with Gasteiger partial charge < -0.3 is 9.64 Å². The highest BCUT2D eigenvalue weighted by atomic mass is 19.4.